The Labute approximate surface area is 194 Å². The number of aromatic nitrogens is 1. The molecule has 0 N–H and O–H groups in total. The molecule has 33 heavy (non-hydrogen) atoms. The molecule has 7 nitrogen and oxygen atoms in total. The molecule has 2 aromatic carbocycles. The second kappa shape index (κ2) is 9.50. The van der Waals surface area contributed by atoms with Crippen LogP contribution in [0.15, 0.2) is 54.6 Å². The molecule has 0 saturated carbocycles. The molecule has 2 amide bonds. The Morgan fingerprint density at radius 1 is 1.18 bits per heavy atom. The van der Waals surface area contributed by atoms with Gasteiger partial charge in [-0.25, -0.2) is 14.2 Å². The highest BCUT2D eigenvalue weighted by atomic mass is 32.1. The molecule has 0 spiro atoms. The minimum atomic E-state index is -0.701. The van der Waals surface area contributed by atoms with Crippen molar-refractivity contribution >= 4 is 45.6 Å². The number of halogens is 1. The molecule has 1 saturated heterocycles. The zero-order valence-electron chi connectivity index (χ0n) is 18.2. The van der Waals surface area contributed by atoms with E-state index < -0.39 is 17.7 Å². The van der Waals surface area contributed by atoms with E-state index in [0.29, 0.717) is 21.4 Å². The summed E-state index contributed by atoms with van der Waals surface area (Å²) in [6.07, 6.45) is -0.0500. The van der Waals surface area contributed by atoms with Crippen molar-refractivity contribution in [2.75, 3.05) is 23.0 Å². The maximum absolute atomic E-state index is 14.3. The second-order valence-corrected chi connectivity index (χ2v) is 8.47. The maximum Gasteiger partial charge on any atom is 0.350 e. The molecule has 170 valence electrons. The van der Waals surface area contributed by atoms with E-state index >= 15 is 0 Å². The summed E-state index contributed by atoms with van der Waals surface area (Å²) in [6.45, 7) is 3.67. The summed E-state index contributed by atoms with van der Waals surface area (Å²) in [6, 6.07) is 14.9. The van der Waals surface area contributed by atoms with Gasteiger partial charge in [0.2, 0.25) is 11.8 Å². The van der Waals surface area contributed by atoms with Crippen LogP contribution in [0, 0.1) is 18.7 Å². The molecule has 9 heteroatoms. The van der Waals surface area contributed by atoms with Crippen molar-refractivity contribution < 1.29 is 23.5 Å². The third-order valence-electron chi connectivity index (χ3n) is 5.29. The number of aryl methyl sites for hydroxylation is 1. The van der Waals surface area contributed by atoms with Gasteiger partial charge in [0, 0.05) is 13.0 Å². The van der Waals surface area contributed by atoms with Gasteiger partial charge >= 0.3 is 5.97 Å². The Bertz CT molecular complexity index is 1200. The second-order valence-electron chi connectivity index (χ2n) is 7.50. The van der Waals surface area contributed by atoms with E-state index in [0.717, 1.165) is 11.3 Å². The Balaban J connectivity index is 1.67. The summed E-state index contributed by atoms with van der Waals surface area (Å²) in [5, 5.41) is 0.309. The lowest BCUT2D eigenvalue weighted by molar-refractivity contribution is -0.123. The van der Waals surface area contributed by atoms with Crippen LogP contribution in [0.2, 0.25) is 0 Å². The number of thiazole rings is 1. The quantitative estimate of drug-likeness (QED) is 0.499. The molecule has 0 bridgehead atoms. The largest absolute Gasteiger partial charge is 0.462 e. The van der Waals surface area contributed by atoms with Gasteiger partial charge in [0.15, 0.2) is 5.13 Å². The molecule has 1 aromatic heterocycles. The van der Waals surface area contributed by atoms with Gasteiger partial charge in [-0.3, -0.25) is 14.5 Å². The van der Waals surface area contributed by atoms with Crippen LogP contribution < -0.4 is 9.80 Å². The van der Waals surface area contributed by atoms with Crippen molar-refractivity contribution in [3.05, 3.63) is 71.0 Å². The van der Waals surface area contributed by atoms with E-state index in [1.807, 2.05) is 6.07 Å². The fraction of sp³-hybridized carbons (Fsp3) is 0.250. The van der Waals surface area contributed by atoms with Crippen molar-refractivity contribution in [2.24, 2.45) is 5.92 Å². The SMILES string of the molecule is CCOC(=O)c1sc(N(C(=O)[C@H]2CC(=O)N(c3ccccc3F)C2)c2ccccc2)nc1C. The molecular formula is C24H22FN3O4S. The van der Waals surface area contributed by atoms with Gasteiger partial charge in [0.1, 0.15) is 10.7 Å². The van der Waals surface area contributed by atoms with Gasteiger partial charge in [0.25, 0.3) is 0 Å². The standard InChI is InChI=1S/C24H22FN3O4S/c1-3-32-23(31)21-15(2)26-24(33-21)28(17-9-5-4-6-10-17)22(30)16-13-20(29)27(14-16)19-12-8-7-11-18(19)25/h4-12,16H,3,13-14H2,1-2H3/t16-/m0/s1. The van der Waals surface area contributed by atoms with Gasteiger partial charge in [-0.2, -0.15) is 0 Å². The molecular weight excluding hydrogens is 445 g/mol. The number of esters is 1. The van der Waals surface area contributed by atoms with Crippen LogP contribution in [0.1, 0.15) is 28.7 Å². The van der Waals surface area contributed by atoms with Crippen LogP contribution in [0.5, 0.6) is 0 Å². The molecule has 3 aromatic rings. The zero-order chi connectivity index (χ0) is 23.5. The molecule has 0 radical (unpaired) electrons. The Kier molecular flexibility index (Phi) is 6.50. The smallest absolute Gasteiger partial charge is 0.350 e. The van der Waals surface area contributed by atoms with Crippen molar-refractivity contribution in [3.63, 3.8) is 0 Å². The van der Waals surface area contributed by atoms with Gasteiger partial charge in [-0.15, -0.1) is 0 Å². The van der Waals surface area contributed by atoms with Crippen LogP contribution in [0.4, 0.5) is 20.9 Å². The molecule has 1 aliphatic rings. The predicted molar refractivity (Wildman–Crippen MR) is 123 cm³/mol. The number of rotatable bonds is 6. The maximum atomic E-state index is 14.3. The summed E-state index contributed by atoms with van der Waals surface area (Å²) in [5.41, 5.74) is 1.17. The zero-order valence-corrected chi connectivity index (χ0v) is 19.0. The summed E-state index contributed by atoms with van der Waals surface area (Å²) in [5.74, 6) is -2.39. The number of carbonyl (C=O) groups is 3. The number of amides is 2. The Morgan fingerprint density at radius 2 is 1.88 bits per heavy atom. The minimum Gasteiger partial charge on any atom is -0.462 e. The lowest BCUT2D eigenvalue weighted by Crippen LogP contribution is -2.34. The van der Waals surface area contributed by atoms with Gasteiger partial charge < -0.3 is 9.64 Å². The van der Waals surface area contributed by atoms with E-state index in [-0.39, 0.29) is 37.1 Å². The first-order chi connectivity index (χ1) is 15.9. The van der Waals surface area contributed by atoms with Crippen LogP contribution >= 0.6 is 11.3 Å². The van der Waals surface area contributed by atoms with E-state index in [9.17, 15) is 18.8 Å². The minimum absolute atomic E-state index is 0.0500. The topological polar surface area (TPSA) is 79.8 Å². The normalized spacial score (nSPS) is 15.5. The summed E-state index contributed by atoms with van der Waals surface area (Å²) in [7, 11) is 0. The number of para-hydroxylation sites is 2. The number of hydrogen-bond donors (Lipinski definition) is 0. The molecule has 1 atom stereocenters. The number of hydrogen-bond acceptors (Lipinski definition) is 6. The summed E-state index contributed by atoms with van der Waals surface area (Å²) < 4.78 is 19.4. The monoisotopic (exact) mass is 467 g/mol. The first-order valence-electron chi connectivity index (χ1n) is 10.5. The number of ether oxygens (including phenoxy) is 1. The molecule has 4 rings (SSSR count). The highest BCUT2D eigenvalue weighted by molar-refractivity contribution is 7.17. The van der Waals surface area contributed by atoms with Crippen LogP contribution in [0.25, 0.3) is 0 Å². The van der Waals surface area contributed by atoms with Gasteiger partial charge in [-0.05, 0) is 38.1 Å². The van der Waals surface area contributed by atoms with Gasteiger partial charge in [-0.1, -0.05) is 41.7 Å². The summed E-state index contributed by atoms with van der Waals surface area (Å²) in [4.78, 5) is 46.1. The first kappa shape index (κ1) is 22.6. The van der Waals surface area contributed by atoms with Gasteiger partial charge in [0.05, 0.1) is 29.6 Å². The number of nitrogens with zero attached hydrogens (tertiary/aromatic N) is 3. The fourth-order valence-electron chi connectivity index (χ4n) is 3.73. The lowest BCUT2D eigenvalue weighted by Gasteiger charge is -2.23. The Hall–Kier alpha value is -3.59. The number of benzene rings is 2. The van der Waals surface area contributed by atoms with Crippen LogP contribution in [-0.4, -0.2) is 35.9 Å². The molecule has 2 heterocycles. The van der Waals surface area contributed by atoms with Crippen molar-refractivity contribution in [1.82, 2.24) is 4.98 Å². The van der Waals surface area contributed by atoms with Crippen molar-refractivity contribution in [2.45, 2.75) is 20.3 Å². The van der Waals surface area contributed by atoms with Crippen LogP contribution in [0.3, 0.4) is 0 Å². The predicted octanol–water partition coefficient (Wildman–Crippen LogP) is 4.49. The van der Waals surface area contributed by atoms with Crippen molar-refractivity contribution in [3.8, 4) is 0 Å². The fourth-order valence-corrected chi connectivity index (χ4v) is 4.72. The molecule has 1 fully saturated rings. The average molecular weight is 468 g/mol. The summed E-state index contributed by atoms with van der Waals surface area (Å²) >= 11 is 1.06. The first-order valence-corrected chi connectivity index (χ1v) is 11.3. The van der Waals surface area contributed by atoms with E-state index in [1.54, 1.807) is 50.2 Å². The molecule has 0 aliphatic carbocycles. The highest BCUT2D eigenvalue weighted by Gasteiger charge is 2.40. The third kappa shape index (κ3) is 4.49. The lowest BCUT2D eigenvalue weighted by atomic mass is 10.1. The third-order valence-corrected chi connectivity index (χ3v) is 6.41. The molecule has 1 aliphatic heterocycles. The van der Waals surface area contributed by atoms with E-state index in [4.69, 9.17) is 4.74 Å². The van der Waals surface area contributed by atoms with E-state index in [1.165, 1.54) is 21.9 Å². The molecule has 0 unspecified atom stereocenters. The highest BCUT2D eigenvalue weighted by Crippen LogP contribution is 2.36. The van der Waals surface area contributed by atoms with E-state index in [2.05, 4.69) is 4.98 Å². The number of carbonyl (C=O) groups excluding carboxylic acids is 3. The van der Waals surface area contributed by atoms with Crippen LogP contribution in [-0.2, 0) is 14.3 Å². The Morgan fingerprint density at radius 3 is 2.58 bits per heavy atom. The number of anilines is 3. The van der Waals surface area contributed by atoms with Crippen molar-refractivity contribution in [1.29, 1.82) is 0 Å². The average Bonchev–Trinajstić information content (AvgIpc) is 3.38.